The van der Waals surface area contributed by atoms with E-state index in [0.29, 0.717) is 39.3 Å². The van der Waals surface area contributed by atoms with Crippen molar-refractivity contribution in [2.75, 3.05) is 13.2 Å². The second-order valence-corrected chi connectivity index (χ2v) is 6.95. The highest BCUT2D eigenvalue weighted by Crippen LogP contribution is 2.15. The molecule has 0 aliphatic carbocycles. The maximum Gasteiger partial charge on any atom is 0.0867 e. The second kappa shape index (κ2) is 13.7. The smallest absolute Gasteiger partial charge is 0.0867 e. The van der Waals surface area contributed by atoms with Gasteiger partial charge >= 0.3 is 0 Å². The zero-order valence-corrected chi connectivity index (χ0v) is 17.1. The summed E-state index contributed by atoms with van der Waals surface area (Å²) in [6.45, 7) is 8.05. The van der Waals surface area contributed by atoms with Crippen LogP contribution in [0, 0.1) is 0 Å². The largest absolute Gasteiger partial charge is 0.411 e. The minimum absolute atomic E-state index is 0.150. The number of rotatable bonds is 14. The molecule has 0 bridgehead atoms. The van der Waals surface area contributed by atoms with Crippen molar-refractivity contribution in [2.45, 2.75) is 45.2 Å². The topological polar surface area (TPSA) is 60.3 Å². The summed E-state index contributed by atoms with van der Waals surface area (Å²) in [5.74, 6) is 0. The highest BCUT2D eigenvalue weighted by molar-refractivity contribution is 5.56. The predicted molar refractivity (Wildman–Crippen MR) is 115 cm³/mol. The van der Waals surface area contributed by atoms with Crippen molar-refractivity contribution in [1.29, 1.82) is 0 Å². The number of ether oxygens (including phenoxy) is 3. The predicted octanol–water partition coefficient (Wildman–Crippen LogP) is 4.99. The van der Waals surface area contributed by atoms with Gasteiger partial charge in [-0.1, -0.05) is 72.8 Å². The van der Waals surface area contributed by atoms with E-state index >= 15 is 0 Å². The van der Waals surface area contributed by atoms with Gasteiger partial charge in [0.2, 0.25) is 0 Å². The summed E-state index contributed by atoms with van der Waals surface area (Å²) >= 11 is 0. The number of nitrogens with zero attached hydrogens (tertiary/aromatic N) is 1. The van der Waals surface area contributed by atoms with Gasteiger partial charge in [0.25, 0.3) is 0 Å². The fourth-order valence-corrected chi connectivity index (χ4v) is 2.83. The molecule has 0 aliphatic heterocycles. The lowest BCUT2D eigenvalue weighted by Crippen LogP contribution is -2.28. The molecule has 2 aromatic rings. The normalized spacial score (nSPS) is 13.4. The van der Waals surface area contributed by atoms with Crippen LogP contribution < -0.4 is 0 Å². The molecule has 0 heterocycles. The molecule has 0 radical (unpaired) electrons. The van der Waals surface area contributed by atoms with Gasteiger partial charge in [0, 0.05) is 25.7 Å². The molecule has 0 aromatic heterocycles. The maximum absolute atomic E-state index is 8.78. The average molecular weight is 398 g/mol. The Morgan fingerprint density at radius 3 is 2.14 bits per heavy atom. The third-order valence-electron chi connectivity index (χ3n) is 4.41. The highest BCUT2D eigenvalue weighted by atomic mass is 16.5. The summed E-state index contributed by atoms with van der Waals surface area (Å²) in [6.07, 6.45) is 2.21. The first-order valence-corrected chi connectivity index (χ1v) is 9.89. The Balaban J connectivity index is 1.79. The first-order valence-electron chi connectivity index (χ1n) is 9.89. The van der Waals surface area contributed by atoms with E-state index in [9.17, 15) is 0 Å². The van der Waals surface area contributed by atoms with E-state index < -0.39 is 0 Å². The number of oxime groups is 1. The summed E-state index contributed by atoms with van der Waals surface area (Å²) in [5.41, 5.74) is 3.18. The molecule has 0 fully saturated rings. The van der Waals surface area contributed by atoms with Crippen LogP contribution in [-0.2, 0) is 27.4 Å². The molecule has 2 atom stereocenters. The summed E-state index contributed by atoms with van der Waals surface area (Å²) in [7, 11) is 0. The molecule has 0 saturated carbocycles. The molecule has 1 N–H and O–H groups in total. The molecule has 2 rings (SSSR count). The molecule has 5 nitrogen and oxygen atoms in total. The standard InChI is InChI=1S/C24H31NO4/c1-20(2)24(14-16-27-17-21-9-5-3-6-10-21)29-23(13-15-25-26)19-28-18-22-11-7-4-8-12-22/h3-12,15,23-24,26H,1,13-14,16-19H2,2H3/b25-15+/t23-,24-/m0/s1. The third kappa shape index (κ3) is 9.52. The summed E-state index contributed by atoms with van der Waals surface area (Å²) in [6, 6.07) is 20.1. The lowest BCUT2D eigenvalue weighted by Gasteiger charge is -2.24. The lowest BCUT2D eigenvalue weighted by atomic mass is 10.1. The Hall–Kier alpha value is -2.47. The molecule has 0 spiro atoms. The van der Waals surface area contributed by atoms with Gasteiger partial charge in [-0.05, 0) is 18.1 Å². The first-order chi connectivity index (χ1) is 14.2. The Morgan fingerprint density at radius 1 is 1.00 bits per heavy atom. The van der Waals surface area contributed by atoms with Gasteiger partial charge in [-0.3, -0.25) is 0 Å². The highest BCUT2D eigenvalue weighted by Gasteiger charge is 2.17. The first kappa shape index (κ1) is 22.8. The quantitative estimate of drug-likeness (QED) is 0.160. The van der Waals surface area contributed by atoms with Crippen molar-refractivity contribution in [2.24, 2.45) is 5.16 Å². The minimum Gasteiger partial charge on any atom is -0.411 e. The van der Waals surface area contributed by atoms with Crippen molar-refractivity contribution in [1.82, 2.24) is 0 Å². The van der Waals surface area contributed by atoms with Crippen LogP contribution in [0.5, 0.6) is 0 Å². The van der Waals surface area contributed by atoms with Crippen molar-refractivity contribution in [3.8, 4) is 0 Å². The monoisotopic (exact) mass is 397 g/mol. The van der Waals surface area contributed by atoms with E-state index in [4.69, 9.17) is 19.4 Å². The zero-order chi connectivity index (χ0) is 20.7. The zero-order valence-electron chi connectivity index (χ0n) is 17.1. The van der Waals surface area contributed by atoms with Gasteiger partial charge in [-0.25, -0.2) is 0 Å². The average Bonchev–Trinajstić information content (AvgIpc) is 2.75. The molecule has 2 aromatic carbocycles. The molecule has 29 heavy (non-hydrogen) atoms. The Kier molecular flexibility index (Phi) is 10.7. The van der Waals surface area contributed by atoms with Gasteiger partial charge in [0.15, 0.2) is 0 Å². The molecular formula is C24H31NO4. The molecule has 156 valence electrons. The molecular weight excluding hydrogens is 366 g/mol. The van der Waals surface area contributed by atoms with Crippen LogP contribution in [0.4, 0.5) is 0 Å². The van der Waals surface area contributed by atoms with Crippen LogP contribution in [0.3, 0.4) is 0 Å². The fourth-order valence-electron chi connectivity index (χ4n) is 2.83. The summed E-state index contributed by atoms with van der Waals surface area (Å²) in [4.78, 5) is 0. The second-order valence-electron chi connectivity index (χ2n) is 6.95. The van der Waals surface area contributed by atoms with E-state index in [2.05, 4.69) is 11.7 Å². The van der Waals surface area contributed by atoms with Crippen molar-refractivity contribution in [3.05, 3.63) is 83.9 Å². The molecule has 5 heteroatoms. The van der Waals surface area contributed by atoms with E-state index in [1.54, 1.807) is 0 Å². The molecule has 0 unspecified atom stereocenters. The van der Waals surface area contributed by atoms with Crippen LogP contribution in [0.2, 0.25) is 0 Å². The fraction of sp³-hybridized carbons (Fsp3) is 0.375. The van der Waals surface area contributed by atoms with E-state index in [1.807, 2.05) is 67.6 Å². The Labute approximate surface area is 173 Å². The lowest BCUT2D eigenvalue weighted by molar-refractivity contribution is -0.0540. The van der Waals surface area contributed by atoms with Crippen LogP contribution in [0.15, 0.2) is 78.0 Å². The minimum atomic E-state index is -0.231. The number of hydrogen-bond donors (Lipinski definition) is 1. The SMILES string of the molecule is C=C(C)[C@H](CCOCc1ccccc1)O[C@@H](C/C=N/O)COCc1ccccc1. The third-order valence-corrected chi connectivity index (χ3v) is 4.41. The van der Waals surface area contributed by atoms with Crippen LogP contribution in [0.1, 0.15) is 30.9 Å². The molecule has 0 saturated heterocycles. The van der Waals surface area contributed by atoms with Crippen molar-refractivity contribution < 1.29 is 19.4 Å². The van der Waals surface area contributed by atoms with Crippen LogP contribution in [0.25, 0.3) is 0 Å². The van der Waals surface area contributed by atoms with E-state index in [0.717, 1.165) is 16.7 Å². The van der Waals surface area contributed by atoms with Gasteiger partial charge in [-0.15, -0.1) is 5.16 Å². The number of hydrogen-bond acceptors (Lipinski definition) is 5. The van der Waals surface area contributed by atoms with Crippen molar-refractivity contribution >= 4 is 6.21 Å². The molecule has 0 aliphatic rings. The Bertz CT molecular complexity index is 718. The van der Waals surface area contributed by atoms with Gasteiger partial charge in [0.1, 0.15) is 0 Å². The maximum atomic E-state index is 8.78. The number of benzene rings is 2. The van der Waals surface area contributed by atoms with Crippen LogP contribution >= 0.6 is 0 Å². The Morgan fingerprint density at radius 2 is 1.59 bits per heavy atom. The molecule has 0 amide bonds. The van der Waals surface area contributed by atoms with Crippen molar-refractivity contribution in [3.63, 3.8) is 0 Å². The van der Waals surface area contributed by atoms with E-state index in [-0.39, 0.29) is 12.2 Å². The van der Waals surface area contributed by atoms with Gasteiger partial charge in [0.05, 0.1) is 32.0 Å². The van der Waals surface area contributed by atoms with Gasteiger partial charge < -0.3 is 19.4 Å². The van der Waals surface area contributed by atoms with E-state index in [1.165, 1.54) is 6.21 Å². The van der Waals surface area contributed by atoms with Gasteiger partial charge in [-0.2, -0.15) is 0 Å². The summed E-state index contributed by atoms with van der Waals surface area (Å²) in [5, 5.41) is 11.9. The summed E-state index contributed by atoms with van der Waals surface area (Å²) < 4.78 is 17.8. The van der Waals surface area contributed by atoms with Crippen LogP contribution in [-0.4, -0.2) is 36.8 Å².